The van der Waals surface area contributed by atoms with E-state index in [1.165, 1.54) is 18.4 Å². The van der Waals surface area contributed by atoms with Gasteiger partial charge in [0.05, 0.1) is 61.9 Å². The van der Waals surface area contributed by atoms with Crippen molar-refractivity contribution in [1.29, 1.82) is 0 Å². The number of para-hydroxylation sites is 2. The fourth-order valence-electron chi connectivity index (χ4n) is 8.47. The van der Waals surface area contributed by atoms with Crippen LogP contribution in [0.25, 0.3) is 0 Å². The predicted molar refractivity (Wildman–Crippen MR) is 206 cm³/mol. The number of hydrogen-bond acceptors (Lipinski definition) is 12. The standard InChI is InChI=1S/C36H50N8O10S2/c1-55(49,50)43-21-29(53-35(47)39-23-11-5-3-6-12-23)31-27(43)17-19-41(31)33(45)25(37)15-9-10-16-26(38)34(46)42-20-18-28-32(42)30(22-44(28)56(2,51)52)54-36(48)40-24-13-7-4-8-14-24/h3-8,11-14,25-32H,9-10,15-22,37-38H2,1-2H3,(H,39,47)(H,40,48)/t25-,26-,27+,28+,29-,30-,31-,32-/m0/s1. The summed E-state index contributed by atoms with van der Waals surface area (Å²) >= 11 is 0. The molecular formula is C36H50N8O10S2. The van der Waals surface area contributed by atoms with Crippen molar-refractivity contribution in [3.8, 4) is 0 Å². The molecule has 0 unspecified atom stereocenters. The molecule has 0 radical (unpaired) electrons. The van der Waals surface area contributed by atoms with Crippen molar-refractivity contribution in [1.82, 2.24) is 18.4 Å². The zero-order chi connectivity index (χ0) is 40.4. The summed E-state index contributed by atoms with van der Waals surface area (Å²) in [5.41, 5.74) is 13.8. The molecule has 0 aromatic heterocycles. The van der Waals surface area contributed by atoms with Gasteiger partial charge in [-0.15, -0.1) is 0 Å². The Kier molecular flexibility index (Phi) is 12.6. The topological polar surface area (TPSA) is 244 Å². The Labute approximate surface area is 326 Å². The number of carbonyl (C=O) groups excluding carboxylic acids is 4. The number of unbranched alkanes of at least 4 members (excludes halogenated alkanes) is 1. The molecule has 4 aliphatic rings. The SMILES string of the molecule is CS(=O)(=O)N1C[C@H](OC(=O)Nc2ccccc2)[C@@H]2[C@H]1CCN2C(=O)[C@@H](N)CCCC[C@H](N)C(=O)N1CC[C@@H]2[C@H]1[C@@H](OC(=O)Nc1ccccc1)CN2S(C)(=O)=O. The van der Waals surface area contributed by atoms with Gasteiger partial charge in [0.2, 0.25) is 31.9 Å². The number of likely N-dealkylation sites (tertiary alicyclic amines) is 2. The molecule has 4 saturated heterocycles. The highest BCUT2D eigenvalue weighted by Crippen LogP contribution is 2.37. The molecule has 4 fully saturated rings. The molecule has 2 aromatic carbocycles. The molecule has 4 amide bonds. The van der Waals surface area contributed by atoms with E-state index in [1.807, 2.05) is 0 Å². The molecular weight excluding hydrogens is 769 g/mol. The van der Waals surface area contributed by atoms with E-state index in [0.29, 0.717) is 37.1 Å². The Bertz CT molecular complexity index is 1840. The number of fused-ring (bicyclic) bond motifs is 2. The number of ether oxygens (including phenoxy) is 2. The van der Waals surface area contributed by atoms with Crippen LogP contribution in [0.4, 0.5) is 21.0 Å². The van der Waals surface area contributed by atoms with Crippen molar-refractivity contribution in [2.24, 2.45) is 11.5 Å². The van der Waals surface area contributed by atoms with Crippen LogP contribution < -0.4 is 22.1 Å². The van der Waals surface area contributed by atoms with Crippen molar-refractivity contribution in [3.05, 3.63) is 60.7 Å². The van der Waals surface area contributed by atoms with Gasteiger partial charge in [0.1, 0.15) is 12.2 Å². The van der Waals surface area contributed by atoms with E-state index in [4.69, 9.17) is 20.9 Å². The fourth-order valence-corrected chi connectivity index (χ4v) is 10.7. The highest BCUT2D eigenvalue weighted by molar-refractivity contribution is 7.88. The molecule has 6 rings (SSSR count). The number of carbonyl (C=O) groups is 4. The van der Waals surface area contributed by atoms with E-state index in [1.54, 1.807) is 60.7 Å². The monoisotopic (exact) mass is 818 g/mol. The molecule has 20 heteroatoms. The van der Waals surface area contributed by atoms with Crippen LogP contribution in [-0.2, 0) is 39.1 Å². The van der Waals surface area contributed by atoms with Crippen LogP contribution in [0.5, 0.6) is 0 Å². The number of amides is 4. The molecule has 0 saturated carbocycles. The minimum absolute atomic E-state index is 0.0972. The number of benzene rings is 2. The van der Waals surface area contributed by atoms with Gasteiger partial charge >= 0.3 is 12.2 Å². The molecule has 2 aromatic rings. The van der Waals surface area contributed by atoms with Crippen LogP contribution in [0.15, 0.2) is 60.7 Å². The lowest BCUT2D eigenvalue weighted by atomic mass is 10.0. The number of rotatable bonds is 13. The van der Waals surface area contributed by atoms with E-state index in [-0.39, 0.29) is 39.0 Å². The summed E-state index contributed by atoms with van der Waals surface area (Å²) in [6, 6.07) is 12.8. The van der Waals surface area contributed by atoms with Crippen molar-refractivity contribution in [3.63, 3.8) is 0 Å². The Morgan fingerprint density at radius 3 is 1.36 bits per heavy atom. The smallest absolute Gasteiger partial charge is 0.412 e. The summed E-state index contributed by atoms with van der Waals surface area (Å²) in [7, 11) is -7.34. The maximum absolute atomic E-state index is 13.7. The van der Waals surface area contributed by atoms with Gasteiger partial charge in [0.25, 0.3) is 0 Å². The second-order valence-corrected chi connectivity index (χ2v) is 18.7. The number of anilines is 2. The average molecular weight is 819 g/mol. The zero-order valence-electron chi connectivity index (χ0n) is 31.3. The molecule has 0 aliphatic carbocycles. The molecule has 4 aliphatic heterocycles. The van der Waals surface area contributed by atoms with E-state index in [0.717, 1.165) is 12.5 Å². The van der Waals surface area contributed by atoms with Gasteiger partial charge in [0.15, 0.2) is 0 Å². The number of nitrogens with zero attached hydrogens (tertiary/aromatic N) is 4. The van der Waals surface area contributed by atoms with Crippen molar-refractivity contribution < 1.29 is 45.5 Å². The van der Waals surface area contributed by atoms with Crippen molar-refractivity contribution >= 4 is 55.4 Å². The highest BCUT2D eigenvalue weighted by atomic mass is 32.2. The van der Waals surface area contributed by atoms with Gasteiger partial charge in [-0.25, -0.2) is 26.4 Å². The second kappa shape index (κ2) is 17.0. The third-order valence-corrected chi connectivity index (χ3v) is 13.5. The van der Waals surface area contributed by atoms with E-state index < -0.39 is 92.5 Å². The second-order valence-electron chi connectivity index (χ2n) is 14.8. The van der Waals surface area contributed by atoms with Crippen LogP contribution in [-0.4, -0.2) is 146 Å². The van der Waals surface area contributed by atoms with E-state index in [9.17, 15) is 36.0 Å². The van der Waals surface area contributed by atoms with Gasteiger partial charge in [0, 0.05) is 24.5 Å². The maximum atomic E-state index is 13.7. The largest absolute Gasteiger partial charge is 0.442 e. The van der Waals surface area contributed by atoms with Gasteiger partial charge in [-0.1, -0.05) is 49.2 Å². The Morgan fingerprint density at radius 1 is 0.661 bits per heavy atom. The van der Waals surface area contributed by atoms with E-state index in [2.05, 4.69) is 10.6 Å². The van der Waals surface area contributed by atoms with Crippen LogP contribution in [0, 0.1) is 0 Å². The molecule has 0 bridgehead atoms. The predicted octanol–water partition coefficient (Wildman–Crippen LogP) is 0.925. The summed E-state index contributed by atoms with van der Waals surface area (Å²) in [6.45, 7) is 0.279. The number of nitrogens with one attached hydrogen (secondary N) is 2. The van der Waals surface area contributed by atoms with Gasteiger partial charge in [-0.05, 0) is 49.9 Å². The Hall–Kier alpha value is -4.34. The molecule has 18 nitrogen and oxygen atoms in total. The average Bonchev–Trinajstić information content (AvgIpc) is 3.92. The van der Waals surface area contributed by atoms with Crippen LogP contribution in [0.2, 0.25) is 0 Å². The van der Waals surface area contributed by atoms with Gasteiger partial charge < -0.3 is 30.7 Å². The van der Waals surface area contributed by atoms with Crippen LogP contribution in [0.3, 0.4) is 0 Å². The van der Waals surface area contributed by atoms with Crippen LogP contribution in [0.1, 0.15) is 38.5 Å². The first-order chi connectivity index (χ1) is 26.5. The minimum atomic E-state index is -3.67. The molecule has 56 heavy (non-hydrogen) atoms. The summed E-state index contributed by atoms with van der Waals surface area (Å²) < 4.78 is 64.6. The summed E-state index contributed by atoms with van der Waals surface area (Å²) in [6.07, 6.45) is 0.916. The van der Waals surface area contributed by atoms with Crippen LogP contribution >= 0.6 is 0 Å². The fraction of sp³-hybridized carbons (Fsp3) is 0.556. The summed E-state index contributed by atoms with van der Waals surface area (Å²) in [4.78, 5) is 56.0. The summed E-state index contributed by atoms with van der Waals surface area (Å²) in [5.74, 6) is -0.792. The number of sulfonamides is 2. The van der Waals surface area contributed by atoms with Crippen molar-refractivity contribution in [2.75, 3.05) is 49.3 Å². The molecule has 8 atom stereocenters. The third kappa shape index (κ3) is 9.26. The van der Waals surface area contributed by atoms with E-state index >= 15 is 0 Å². The zero-order valence-corrected chi connectivity index (χ0v) is 32.9. The van der Waals surface area contributed by atoms with Crippen molar-refractivity contribution in [2.45, 2.75) is 87.0 Å². The molecule has 0 spiro atoms. The Morgan fingerprint density at radius 2 is 1.02 bits per heavy atom. The lowest BCUT2D eigenvalue weighted by molar-refractivity contribution is -0.136. The maximum Gasteiger partial charge on any atom is 0.412 e. The normalized spacial score (nSPS) is 26.3. The number of nitrogens with two attached hydrogens (primary N) is 2. The van der Waals surface area contributed by atoms with Gasteiger partial charge in [-0.2, -0.15) is 8.61 Å². The number of hydrogen-bond donors (Lipinski definition) is 4. The quantitative estimate of drug-likeness (QED) is 0.206. The first-order valence-electron chi connectivity index (χ1n) is 18.6. The molecule has 306 valence electrons. The highest BCUT2D eigenvalue weighted by Gasteiger charge is 2.56. The summed E-state index contributed by atoms with van der Waals surface area (Å²) in [5, 5.41) is 5.26. The van der Waals surface area contributed by atoms with Gasteiger partial charge in [-0.3, -0.25) is 20.2 Å². The Balaban J connectivity index is 1.02. The molecule has 6 N–H and O–H groups in total. The molecule has 4 heterocycles. The third-order valence-electron chi connectivity index (χ3n) is 11.0. The first-order valence-corrected chi connectivity index (χ1v) is 22.3. The lowest BCUT2D eigenvalue weighted by Crippen LogP contribution is -2.52. The lowest BCUT2D eigenvalue weighted by Gasteiger charge is -2.30. The first kappa shape index (κ1) is 41.3. The minimum Gasteiger partial charge on any atom is -0.442 e.